The van der Waals surface area contributed by atoms with Gasteiger partial charge in [-0.3, -0.25) is 4.79 Å². The number of para-hydroxylation sites is 1. The first-order valence-corrected chi connectivity index (χ1v) is 8.96. The summed E-state index contributed by atoms with van der Waals surface area (Å²) >= 11 is 0. The molecule has 0 saturated carbocycles. The van der Waals surface area contributed by atoms with Crippen molar-refractivity contribution in [2.75, 3.05) is 19.8 Å². The van der Waals surface area contributed by atoms with Gasteiger partial charge in [-0.15, -0.1) is 0 Å². The quantitative estimate of drug-likeness (QED) is 0.758. The van der Waals surface area contributed by atoms with Crippen molar-refractivity contribution in [1.29, 1.82) is 0 Å². The van der Waals surface area contributed by atoms with Crippen molar-refractivity contribution in [2.24, 2.45) is 0 Å². The van der Waals surface area contributed by atoms with E-state index in [2.05, 4.69) is 32.2 Å². The number of amides is 1. The zero-order valence-corrected chi connectivity index (χ0v) is 16.4. The molecule has 0 aliphatic rings. The summed E-state index contributed by atoms with van der Waals surface area (Å²) in [5, 5.41) is 2.82. The Bertz CT molecular complexity index is 747. The Hall–Kier alpha value is -2.49. The minimum absolute atomic E-state index is 0.00107. The molecule has 1 amide bonds. The summed E-state index contributed by atoms with van der Waals surface area (Å²) < 4.78 is 11.4. The van der Waals surface area contributed by atoms with Crippen LogP contribution in [0.25, 0.3) is 0 Å². The molecule has 2 rings (SSSR count). The Morgan fingerprint density at radius 2 is 1.73 bits per heavy atom. The summed E-state index contributed by atoms with van der Waals surface area (Å²) in [5.41, 5.74) is 3.52. The fraction of sp³-hybridized carbons (Fsp3) is 0.409. The molecule has 2 aromatic carbocycles. The van der Waals surface area contributed by atoms with Crippen molar-refractivity contribution in [1.82, 2.24) is 5.32 Å². The molecule has 0 spiro atoms. The molecule has 4 heteroatoms. The van der Waals surface area contributed by atoms with E-state index in [1.165, 1.54) is 5.56 Å². The normalized spacial score (nSPS) is 11.1. The molecule has 140 valence electrons. The van der Waals surface area contributed by atoms with Crippen LogP contribution in [0.5, 0.6) is 11.5 Å². The van der Waals surface area contributed by atoms with Crippen molar-refractivity contribution < 1.29 is 14.3 Å². The van der Waals surface area contributed by atoms with Gasteiger partial charge in [0.25, 0.3) is 5.91 Å². The van der Waals surface area contributed by atoms with Gasteiger partial charge in [-0.25, -0.2) is 0 Å². The Morgan fingerprint density at radius 1 is 1.00 bits per heavy atom. The van der Waals surface area contributed by atoms with E-state index in [1.807, 2.05) is 50.2 Å². The van der Waals surface area contributed by atoms with E-state index in [4.69, 9.17) is 9.47 Å². The minimum atomic E-state index is -0.157. The number of ether oxygens (including phenoxy) is 2. The number of aryl methyl sites for hydroxylation is 2. The fourth-order valence-corrected chi connectivity index (χ4v) is 2.57. The molecular formula is C22H29NO3. The highest BCUT2D eigenvalue weighted by atomic mass is 16.5. The maximum atomic E-state index is 11.9. The van der Waals surface area contributed by atoms with E-state index in [9.17, 15) is 4.79 Å². The van der Waals surface area contributed by atoms with Crippen LogP contribution in [0.15, 0.2) is 42.5 Å². The summed E-state index contributed by atoms with van der Waals surface area (Å²) in [6.07, 6.45) is 0. The average Bonchev–Trinajstić information content (AvgIpc) is 2.59. The van der Waals surface area contributed by atoms with Crippen LogP contribution in [-0.4, -0.2) is 25.7 Å². The number of hydrogen-bond donors (Lipinski definition) is 1. The van der Waals surface area contributed by atoms with E-state index in [1.54, 1.807) is 0 Å². The largest absolute Gasteiger partial charge is 0.491 e. The predicted molar refractivity (Wildman–Crippen MR) is 105 cm³/mol. The van der Waals surface area contributed by atoms with Crippen LogP contribution in [-0.2, 0) is 10.2 Å². The van der Waals surface area contributed by atoms with Gasteiger partial charge in [-0.1, -0.05) is 45.0 Å². The van der Waals surface area contributed by atoms with Crippen molar-refractivity contribution in [3.8, 4) is 11.5 Å². The molecule has 0 aromatic heterocycles. The lowest BCUT2D eigenvalue weighted by Gasteiger charge is -2.22. The van der Waals surface area contributed by atoms with Gasteiger partial charge >= 0.3 is 0 Å². The number of carbonyl (C=O) groups is 1. The van der Waals surface area contributed by atoms with Crippen LogP contribution in [0.2, 0.25) is 0 Å². The number of benzene rings is 2. The second kappa shape index (κ2) is 8.75. The SMILES string of the molecule is Cc1ccc(OCC(=O)NCCOc2ccccc2C(C)(C)C)cc1C. The average molecular weight is 355 g/mol. The first kappa shape index (κ1) is 19.8. The van der Waals surface area contributed by atoms with Gasteiger partial charge in [0, 0.05) is 0 Å². The Labute approximate surface area is 156 Å². The number of nitrogens with one attached hydrogen (secondary N) is 1. The summed E-state index contributed by atoms with van der Waals surface area (Å²) in [7, 11) is 0. The molecule has 1 N–H and O–H groups in total. The molecule has 0 aliphatic carbocycles. The van der Waals surface area contributed by atoms with Crippen molar-refractivity contribution in [3.05, 3.63) is 59.2 Å². The number of carbonyl (C=O) groups excluding carboxylic acids is 1. The molecule has 26 heavy (non-hydrogen) atoms. The molecule has 2 aromatic rings. The molecule has 0 atom stereocenters. The van der Waals surface area contributed by atoms with Crippen LogP contribution in [0.4, 0.5) is 0 Å². The van der Waals surface area contributed by atoms with Gasteiger partial charge in [0.1, 0.15) is 18.1 Å². The maximum absolute atomic E-state index is 11.9. The predicted octanol–water partition coefficient (Wildman–Crippen LogP) is 4.17. The lowest BCUT2D eigenvalue weighted by molar-refractivity contribution is -0.123. The first-order chi connectivity index (χ1) is 12.3. The van der Waals surface area contributed by atoms with Crippen LogP contribution in [0.3, 0.4) is 0 Å². The molecule has 0 bridgehead atoms. The summed E-state index contributed by atoms with van der Waals surface area (Å²) in [6, 6.07) is 13.8. The third-order valence-electron chi connectivity index (χ3n) is 4.23. The van der Waals surface area contributed by atoms with E-state index in [0.717, 1.165) is 16.9 Å². The molecule has 0 heterocycles. The lowest BCUT2D eigenvalue weighted by Crippen LogP contribution is -2.32. The maximum Gasteiger partial charge on any atom is 0.258 e. The summed E-state index contributed by atoms with van der Waals surface area (Å²) in [6.45, 7) is 11.4. The van der Waals surface area contributed by atoms with E-state index >= 15 is 0 Å². The fourth-order valence-electron chi connectivity index (χ4n) is 2.57. The van der Waals surface area contributed by atoms with Crippen LogP contribution in [0, 0.1) is 13.8 Å². The van der Waals surface area contributed by atoms with E-state index in [0.29, 0.717) is 18.9 Å². The van der Waals surface area contributed by atoms with Gasteiger partial charge in [-0.05, 0) is 54.2 Å². The smallest absolute Gasteiger partial charge is 0.258 e. The second-order valence-electron chi connectivity index (χ2n) is 7.48. The first-order valence-electron chi connectivity index (χ1n) is 8.96. The highest BCUT2D eigenvalue weighted by molar-refractivity contribution is 5.77. The molecule has 0 radical (unpaired) electrons. The molecule has 0 unspecified atom stereocenters. The van der Waals surface area contributed by atoms with Gasteiger partial charge in [0.15, 0.2) is 6.61 Å². The van der Waals surface area contributed by atoms with Gasteiger partial charge in [0.2, 0.25) is 0 Å². The molecule has 0 aliphatic heterocycles. The van der Waals surface area contributed by atoms with Crippen LogP contribution in [0.1, 0.15) is 37.5 Å². The van der Waals surface area contributed by atoms with Crippen LogP contribution >= 0.6 is 0 Å². The number of hydrogen-bond acceptors (Lipinski definition) is 3. The zero-order chi connectivity index (χ0) is 19.2. The summed E-state index contributed by atoms with van der Waals surface area (Å²) in [4.78, 5) is 11.9. The second-order valence-corrected chi connectivity index (χ2v) is 7.48. The zero-order valence-electron chi connectivity index (χ0n) is 16.4. The van der Waals surface area contributed by atoms with Crippen molar-refractivity contribution >= 4 is 5.91 Å². The Kier molecular flexibility index (Phi) is 6.67. The van der Waals surface area contributed by atoms with E-state index < -0.39 is 0 Å². The van der Waals surface area contributed by atoms with E-state index in [-0.39, 0.29) is 17.9 Å². The summed E-state index contributed by atoms with van der Waals surface area (Å²) in [5.74, 6) is 1.41. The van der Waals surface area contributed by atoms with Crippen molar-refractivity contribution in [3.63, 3.8) is 0 Å². The lowest BCUT2D eigenvalue weighted by atomic mass is 9.86. The van der Waals surface area contributed by atoms with Crippen molar-refractivity contribution in [2.45, 2.75) is 40.0 Å². The third-order valence-corrected chi connectivity index (χ3v) is 4.23. The highest BCUT2D eigenvalue weighted by Gasteiger charge is 2.18. The highest BCUT2D eigenvalue weighted by Crippen LogP contribution is 2.30. The molecular weight excluding hydrogens is 326 g/mol. The Balaban J connectivity index is 1.75. The minimum Gasteiger partial charge on any atom is -0.491 e. The monoisotopic (exact) mass is 355 g/mol. The van der Waals surface area contributed by atoms with Gasteiger partial charge in [0.05, 0.1) is 6.54 Å². The molecule has 0 fully saturated rings. The molecule has 0 saturated heterocycles. The Morgan fingerprint density at radius 3 is 2.42 bits per heavy atom. The molecule has 4 nitrogen and oxygen atoms in total. The van der Waals surface area contributed by atoms with Gasteiger partial charge in [-0.2, -0.15) is 0 Å². The number of rotatable bonds is 7. The van der Waals surface area contributed by atoms with Gasteiger partial charge < -0.3 is 14.8 Å². The standard InChI is InChI=1S/C22H29NO3/c1-16-10-11-18(14-17(16)2)26-15-21(24)23-12-13-25-20-9-7-6-8-19(20)22(3,4)5/h6-11,14H,12-13,15H2,1-5H3,(H,23,24). The topological polar surface area (TPSA) is 47.6 Å². The third kappa shape index (κ3) is 5.80. The van der Waals surface area contributed by atoms with Crippen LogP contribution < -0.4 is 14.8 Å².